The van der Waals surface area contributed by atoms with Gasteiger partial charge in [-0.2, -0.15) is 5.10 Å². The standard InChI is InChI=1S/C18H19F2N3O2/c1-12(21-22-17-9-6-14(19)10-16(17)20)13-4-7-15(8-5-13)25-11-18(24)23(2)3/h4-10,22H,11H2,1-3H3/b21-12+. The number of amides is 1. The van der Waals surface area contributed by atoms with Gasteiger partial charge in [0.15, 0.2) is 12.4 Å². The Bertz CT molecular complexity index is 774. The number of likely N-dealkylation sites (N-methyl/N-ethyl adjacent to an activating group) is 1. The molecule has 2 rings (SSSR count). The highest BCUT2D eigenvalue weighted by Crippen LogP contribution is 2.16. The minimum atomic E-state index is -0.717. The molecule has 1 N–H and O–H groups in total. The van der Waals surface area contributed by atoms with E-state index in [4.69, 9.17) is 4.74 Å². The summed E-state index contributed by atoms with van der Waals surface area (Å²) in [5, 5.41) is 4.08. The van der Waals surface area contributed by atoms with Gasteiger partial charge in [0.05, 0.1) is 11.4 Å². The minimum absolute atomic E-state index is 0.0369. The van der Waals surface area contributed by atoms with E-state index in [2.05, 4.69) is 10.5 Å². The molecule has 7 heteroatoms. The lowest BCUT2D eigenvalue weighted by Crippen LogP contribution is -2.27. The zero-order chi connectivity index (χ0) is 18.4. The first-order valence-electron chi connectivity index (χ1n) is 7.55. The summed E-state index contributed by atoms with van der Waals surface area (Å²) in [6.45, 7) is 1.71. The molecule has 0 spiro atoms. The maximum absolute atomic E-state index is 13.5. The third kappa shape index (κ3) is 5.27. The quantitative estimate of drug-likeness (QED) is 0.645. The van der Waals surface area contributed by atoms with Crippen molar-refractivity contribution in [3.05, 3.63) is 59.7 Å². The number of halogens is 2. The number of nitrogens with one attached hydrogen (secondary N) is 1. The summed E-state index contributed by atoms with van der Waals surface area (Å²) in [5.41, 5.74) is 4.06. The second-order valence-electron chi connectivity index (χ2n) is 5.53. The van der Waals surface area contributed by atoms with Crippen molar-refractivity contribution in [2.24, 2.45) is 5.10 Å². The van der Waals surface area contributed by atoms with Gasteiger partial charge in [0.25, 0.3) is 5.91 Å². The van der Waals surface area contributed by atoms with Gasteiger partial charge in [0.2, 0.25) is 0 Å². The molecule has 2 aromatic rings. The molecular formula is C18H19F2N3O2. The van der Waals surface area contributed by atoms with Crippen molar-refractivity contribution in [3.8, 4) is 5.75 Å². The SMILES string of the molecule is C/C(=N\Nc1ccc(F)cc1F)c1ccc(OCC(=O)N(C)C)cc1. The van der Waals surface area contributed by atoms with Crippen LogP contribution in [0.5, 0.6) is 5.75 Å². The van der Waals surface area contributed by atoms with Crippen molar-refractivity contribution in [2.45, 2.75) is 6.92 Å². The summed E-state index contributed by atoms with van der Waals surface area (Å²) in [5.74, 6) is -0.936. The van der Waals surface area contributed by atoms with Crippen LogP contribution >= 0.6 is 0 Å². The molecule has 0 fully saturated rings. The van der Waals surface area contributed by atoms with Crippen LogP contribution in [0.3, 0.4) is 0 Å². The number of anilines is 1. The Morgan fingerprint density at radius 1 is 1.16 bits per heavy atom. The van der Waals surface area contributed by atoms with Gasteiger partial charge in [0, 0.05) is 20.2 Å². The molecule has 1 amide bonds. The summed E-state index contributed by atoms with van der Waals surface area (Å²) in [6.07, 6.45) is 0. The average molecular weight is 347 g/mol. The highest BCUT2D eigenvalue weighted by molar-refractivity contribution is 5.99. The van der Waals surface area contributed by atoms with E-state index in [0.29, 0.717) is 11.5 Å². The molecular weight excluding hydrogens is 328 g/mol. The van der Waals surface area contributed by atoms with Crippen LogP contribution in [0.4, 0.5) is 14.5 Å². The number of hydrogen-bond acceptors (Lipinski definition) is 4. The number of ether oxygens (including phenoxy) is 1. The molecule has 0 bridgehead atoms. The highest BCUT2D eigenvalue weighted by atomic mass is 19.1. The van der Waals surface area contributed by atoms with Crippen molar-refractivity contribution in [2.75, 3.05) is 26.1 Å². The molecule has 0 aliphatic rings. The number of rotatable bonds is 6. The Labute approximate surface area is 144 Å². The van der Waals surface area contributed by atoms with Crippen molar-refractivity contribution in [1.82, 2.24) is 4.90 Å². The molecule has 0 aliphatic carbocycles. The number of carbonyl (C=O) groups is 1. The lowest BCUT2D eigenvalue weighted by molar-refractivity contribution is -0.130. The van der Waals surface area contributed by atoms with Gasteiger partial charge in [-0.1, -0.05) is 0 Å². The van der Waals surface area contributed by atoms with Crippen molar-refractivity contribution >= 4 is 17.3 Å². The van der Waals surface area contributed by atoms with E-state index in [1.807, 2.05) is 0 Å². The number of hydrazone groups is 1. The van der Waals surface area contributed by atoms with Crippen LogP contribution in [0, 0.1) is 11.6 Å². The molecule has 0 unspecified atom stereocenters. The van der Waals surface area contributed by atoms with Crippen LogP contribution in [0.25, 0.3) is 0 Å². The Balaban J connectivity index is 1.99. The maximum atomic E-state index is 13.5. The predicted molar refractivity (Wildman–Crippen MR) is 92.8 cm³/mol. The van der Waals surface area contributed by atoms with Gasteiger partial charge in [-0.15, -0.1) is 0 Å². The Kier molecular flexibility index (Phi) is 6.05. The average Bonchev–Trinajstić information content (AvgIpc) is 2.59. The van der Waals surface area contributed by atoms with E-state index in [0.717, 1.165) is 17.7 Å². The fourth-order valence-electron chi connectivity index (χ4n) is 1.86. The van der Waals surface area contributed by atoms with Crippen LogP contribution < -0.4 is 10.2 Å². The van der Waals surface area contributed by atoms with Gasteiger partial charge in [0.1, 0.15) is 11.6 Å². The van der Waals surface area contributed by atoms with E-state index >= 15 is 0 Å². The van der Waals surface area contributed by atoms with E-state index in [1.54, 1.807) is 45.3 Å². The first-order valence-corrected chi connectivity index (χ1v) is 7.55. The molecule has 5 nitrogen and oxygen atoms in total. The predicted octanol–water partition coefficient (Wildman–Crippen LogP) is 3.27. The fraction of sp³-hybridized carbons (Fsp3) is 0.222. The lowest BCUT2D eigenvalue weighted by Gasteiger charge is -2.11. The maximum Gasteiger partial charge on any atom is 0.259 e. The summed E-state index contributed by atoms with van der Waals surface area (Å²) < 4.78 is 31.8. The lowest BCUT2D eigenvalue weighted by atomic mass is 10.1. The van der Waals surface area contributed by atoms with E-state index in [1.165, 1.54) is 11.0 Å². The van der Waals surface area contributed by atoms with Gasteiger partial charge in [-0.25, -0.2) is 8.78 Å². The first kappa shape index (κ1) is 18.4. The fourth-order valence-corrected chi connectivity index (χ4v) is 1.86. The second-order valence-corrected chi connectivity index (χ2v) is 5.53. The van der Waals surface area contributed by atoms with Crippen molar-refractivity contribution < 1.29 is 18.3 Å². The van der Waals surface area contributed by atoms with Crippen LogP contribution in [0.2, 0.25) is 0 Å². The Morgan fingerprint density at radius 3 is 2.44 bits per heavy atom. The van der Waals surface area contributed by atoms with Crippen LogP contribution in [0.15, 0.2) is 47.6 Å². The summed E-state index contributed by atoms with van der Waals surface area (Å²) in [4.78, 5) is 12.9. The molecule has 25 heavy (non-hydrogen) atoms. The zero-order valence-electron chi connectivity index (χ0n) is 14.2. The van der Waals surface area contributed by atoms with E-state index in [9.17, 15) is 13.6 Å². The van der Waals surface area contributed by atoms with E-state index in [-0.39, 0.29) is 18.2 Å². The smallest absolute Gasteiger partial charge is 0.259 e. The first-order chi connectivity index (χ1) is 11.9. The number of carbonyl (C=O) groups excluding carboxylic acids is 1. The van der Waals surface area contributed by atoms with Gasteiger partial charge < -0.3 is 9.64 Å². The van der Waals surface area contributed by atoms with Gasteiger partial charge >= 0.3 is 0 Å². The molecule has 0 saturated carbocycles. The topological polar surface area (TPSA) is 53.9 Å². The van der Waals surface area contributed by atoms with Crippen molar-refractivity contribution in [1.29, 1.82) is 0 Å². The summed E-state index contributed by atoms with van der Waals surface area (Å²) >= 11 is 0. The summed E-state index contributed by atoms with van der Waals surface area (Å²) in [7, 11) is 3.32. The number of nitrogens with zero attached hydrogens (tertiary/aromatic N) is 2. The van der Waals surface area contributed by atoms with Crippen LogP contribution in [0.1, 0.15) is 12.5 Å². The van der Waals surface area contributed by atoms with Gasteiger partial charge in [-0.3, -0.25) is 10.2 Å². The molecule has 0 aliphatic heterocycles. The van der Waals surface area contributed by atoms with E-state index < -0.39 is 11.6 Å². The monoisotopic (exact) mass is 347 g/mol. The molecule has 2 aromatic carbocycles. The third-order valence-electron chi connectivity index (χ3n) is 3.41. The molecule has 0 heterocycles. The van der Waals surface area contributed by atoms with Crippen LogP contribution in [-0.4, -0.2) is 37.2 Å². The molecule has 0 atom stereocenters. The summed E-state index contributed by atoms with van der Waals surface area (Å²) in [6, 6.07) is 10.2. The second kappa shape index (κ2) is 8.23. The highest BCUT2D eigenvalue weighted by Gasteiger charge is 2.06. The molecule has 0 radical (unpaired) electrons. The Morgan fingerprint density at radius 2 is 1.84 bits per heavy atom. The normalized spacial score (nSPS) is 11.2. The number of hydrogen-bond donors (Lipinski definition) is 1. The largest absolute Gasteiger partial charge is 0.484 e. The Hall–Kier alpha value is -2.96. The zero-order valence-corrected chi connectivity index (χ0v) is 14.2. The molecule has 0 aromatic heterocycles. The van der Waals surface area contributed by atoms with Crippen molar-refractivity contribution in [3.63, 3.8) is 0 Å². The van der Waals surface area contributed by atoms with Gasteiger partial charge in [-0.05, 0) is 48.9 Å². The number of benzene rings is 2. The minimum Gasteiger partial charge on any atom is -0.484 e. The van der Waals surface area contributed by atoms with Crippen LogP contribution in [-0.2, 0) is 4.79 Å². The third-order valence-corrected chi connectivity index (χ3v) is 3.41. The molecule has 132 valence electrons. The molecule has 0 saturated heterocycles.